The van der Waals surface area contributed by atoms with E-state index in [4.69, 9.17) is 5.73 Å². The maximum absolute atomic E-state index is 11.8. The molecule has 0 amide bonds. The number of hydrogen-bond donors (Lipinski definition) is 2. The van der Waals surface area contributed by atoms with E-state index in [2.05, 4.69) is 16.4 Å². The van der Waals surface area contributed by atoms with Crippen molar-refractivity contribution in [3.8, 4) is 0 Å². The van der Waals surface area contributed by atoms with Gasteiger partial charge in [0.25, 0.3) is 0 Å². The van der Waals surface area contributed by atoms with Crippen LogP contribution in [0.4, 0.5) is 0 Å². The molecule has 0 bridgehead atoms. The quantitative estimate of drug-likeness (QED) is 0.413. The first-order chi connectivity index (χ1) is 9.58. The fourth-order valence-electron chi connectivity index (χ4n) is 2.25. The number of hydrogen-bond acceptors (Lipinski definition) is 4. The van der Waals surface area contributed by atoms with Crippen molar-refractivity contribution in [1.29, 1.82) is 0 Å². The summed E-state index contributed by atoms with van der Waals surface area (Å²) in [5.74, 6) is 0.626. The average molecular weight is 443 g/mol. The summed E-state index contributed by atoms with van der Waals surface area (Å²) < 4.78 is 23.7. The van der Waals surface area contributed by atoms with Crippen LogP contribution in [0.3, 0.4) is 0 Å². The molecule has 120 valence electrons. The van der Waals surface area contributed by atoms with Crippen molar-refractivity contribution < 1.29 is 8.42 Å². The molecule has 21 heavy (non-hydrogen) atoms. The van der Waals surface area contributed by atoms with E-state index in [0.717, 1.165) is 19.3 Å². The van der Waals surface area contributed by atoms with Crippen molar-refractivity contribution >= 4 is 51.1 Å². The lowest BCUT2D eigenvalue weighted by Gasteiger charge is -2.20. The van der Waals surface area contributed by atoms with Gasteiger partial charge < -0.3 is 11.1 Å². The molecule has 3 N–H and O–H groups in total. The van der Waals surface area contributed by atoms with Crippen molar-refractivity contribution in [2.24, 2.45) is 10.7 Å². The van der Waals surface area contributed by atoms with Crippen LogP contribution in [0.1, 0.15) is 24.1 Å². The van der Waals surface area contributed by atoms with Gasteiger partial charge in [-0.2, -0.15) is 0 Å². The second-order valence-electron chi connectivity index (χ2n) is 4.97. The van der Waals surface area contributed by atoms with Gasteiger partial charge in [0.15, 0.2) is 15.8 Å². The zero-order valence-electron chi connectivity index (χ0n) is 11.8. The molecule has 0 saturated carbocycles. The topological polar surface area (TPSA) is 84.5 Å². The molecule has 1 aromatic rings. The second-order valence-corrected chi connectivity index (χ2v) is 8.40. The smallest absolute Gasteiger partial charge is 0.188 e. The molecule has 2 rings (SSSR count). The molecule has 1 fully saturated rings. The summed E-state index contributed by atoms with van der Waals surface area (Å²) in [5, 5.41) is 4.72. The van der Waals surface area contributed by atoms with E-state index >= 15 is 0 Å². The van der Waals surface area contributed by atoms with Crippen LogP contribution in [0.2, 0.25) is 0 Å². The van der Waals surface area contributed by atoms with E-state index in [9.17, 15) is 8.42 Å². The lowest BCUT2D eigenvalue weighted by molar-refractivity contribution is 0.541. The standard InChI is InChI=1S/C13H21N3O2S2.HI/c14-13(15-7-6-11-4-3-8-19-11)16-10-12-5-1-2-9-20(12,17)18;/h3-4,8,12H,1-2,5-7,9-10H2,(H3,14,15,16);1H. The number of aliphatic imine (C=N–C) groups is 1. The predicted octanol–water partition coefficient (Wildman–Crippen LogP) is 1.78. The van der Waals surface area contributed by atoms with Crippen molar-refractivity contribution in [2.75, 3.05) is 18.8 Å². The summed E-state index contributed by atoms with van der Waals surface area (Å²) in [6.45, 7) is 0.993. The van der Waals surface area contributed by atoms with E-state index < -0.39 is 9.84 Å². The Morgan fingerprint density at radius 2 is 2.29 bits per heavy atom. The lowest BCUT2D eigenvalue weighted by atomic mass is 10.2. The summed E-state index contributed by atoms with van der Waals surface area (Å²) in [6, 6.07) is 4.10. The number of halogens is 1. The Hall–Kier alpha value is -0.350. The van der Waals surface area contributed by atoms with Gasteiger partial charge in [-0.15, -0.1) is 35.3 Å². The number of nitrogens with one attached hydrogen (secondary N) is 1. The molecule has 1 aromatic heterocycles. The first kappa shape index (κ1) is 18.7. The highest BCUT2D eigenvalue weighted by atomic mass is 127. The predicted molar refractivity (Wildman–Crippen MR) is 99.4 cm³/mol. The molecular formula is C13H22IN3O2S2. The summed E-state index contributed by atoms with van der Waals surface area (Å²) >= 11 is 1.71. The summed E-state index contributed by atoms with van der Waals surface area (Å²) in [7, 11) is -2.96. The second kappa shape index (κ2) is 8.94. The minimum Gasteiger partial charge on any atom is -0.370 e. The van der Waals surface area contributed by atoms with Gasteiger partial charge in [0.2, 0.25) is 0 Å². The zero-order chi connectivity index (χ0) is 14.4. The minimum atomic E-state index is -2.96. The van der Waals surface area contributed by atoms with Gasteiger partial charge in [-0.3, -0.25) is 4.99 Å². The van der Waals surface area contributed by atoms with Gasteiger partial charge in [-0.1, -0.05) is 12.5 Å². The largest absolute Gasteiger partial charge is 0.370 e. The SMILES string of the molecule is I.NC(=NCC1CCCCS1(=O)=O)NCCc1cccs1. The molecule has 1 aliphatic rings. The highest BCUT2D eigenvalue weighted by Crippen LogP contribution is 2.19. The van der Waals surface area contributed by atoms with Crippen LogP contribution in [0.25, 0.3) is 0 Å². The third-order valence-electron chi connectivity index (χ3n) is 3.44. The Kier molecular flexibility index (Phi) is 7.96. The van der Waals surface area contributed by atoms with E-state index in [0.29, 0.717) is 24.7 Å². The van der Waals surface area contributed by atoms with Crippen molar-refractivity contribution in [1.82, 2.24) is 5.32 Å². The first-order valence-corrected chi connectivity index (χ1v) is 9.45. The van der Waals surface area contributed by atoms with Crippen molar-refractivity contribution in [2.45, 2.75) is 30.9 Å². The number of thiophene rings is 1. The Morgan fingerprint density at radius 1 is 1.48 bits per heavy atom. The highest BCUT2D eigenvalue weighted by molar-refractivity contribution is 14.0. The molecule has 5 nitrogen and oxygen atoms in total. The highest BCUT2D eigenvalue weighted by Gasteiger charge is 2.28. The molecule has 0 aromatic carbocycles. The molecular weight excluding hydrogens is 421 g/mol. The van der Waals surface area contributed by atoms with Crippen LogP contribution in [-0.4, -0.2) is 38.5 Å². The van der Waals surface area contributed by atoms with Gasteiger partial charge in [-0.25, -0.2) is 8.42 Å². The summed E-state index contributed by atoms with van der Waals surface area (Å²) in [6.07, 6.45) is 3.34. The lowest BCUT2D eigenvalue weighted by Crippen LogP contribution is -2.36. The van der Waals surface area contributed by atoms with E-state index in [1.807, 2.05) is 11.4 Å². The van der Waals surface area contributed by atoms with Gasteiger partial charge in [0.1, 0.15) is 0 Å². The normalized spacial score (nSPS) is 21.5. The molecule has 0 spiro atoms. The first-order valence-electron chi connectivity index (χ1n) is 6.85. The van der Waals surface area contributed by atoms with Gasteiger partial charge in [0, 0.05) is 11.4 Å². The number of rotatable bonds is 5. The van der Waals surface area contributed by atoms with Crippen LogP contribution in [-0.2, 0) is 16.3 Å². The third kappa shape index (κ3) is 6.11. The summed E-state index contributed by atoms with van der Waals surface area (Å²) in [5.41, 5.74) is 5.77. The van der Waals surface area contributed by atoms with Crippen LogP contribution >= 0.6 is 35.3 Å². The van der Waals surface area contributed by atoms with E-state index in [1.54, 1.807) is 11.3 Å². The maximum Gasteiger partial charge on any atom is 0.188 e. The Bertz CT molecular complexity index is 544. The van der Waals surface area contributed by atoms with Crippen LogP contribution < -0.4 is 11.1 Å². The molecule has 2 heterocycles. The monoisotopic (exact) mass is 443 g/mol. The number of nitrogens with two attached hydrogens (primary N) is 1. The zero-order valence-corrected chi connectivity index (χ0v) is 15.8. The van der Waals surface area contributed by atoms with Gasteiger partial charge in [0.05, 0.1) is 17.5 Å². The fraction of sp³-hybridized carbons (Fsp3) is 0.615. The fourth-order valence-corrected chi connectivity index (χ4v) is 4.73. The number of sulfone groups is 1. The molecule has 1 unspecified atom stereocenters. The molecule has 1 aliphatic heterocycles. The molecule has 0 aliphatic carbocycles. The Morgan fingerprint density at radius 3 is 2.95 bits per heavy atom. The van der Waals surface area contributed by atoms with Crippen molar-refractivity contribution in [3.05, 3.63) is 22.4 Å². The van der Waals surface area contributed by atoms with Crippen LogP contribution in [0, 0.1) is 0 Å². The molecule has 8 heteroatoms. The minimum absolute atomic E-state index is 0. The van der Waals surface area contributed by atoms with E-state index in [-0.39, 0.29) is 35.8 Å². The summed E-state index contributed by atoms with van der Waals surface area (Å²) in [4.78, 5) is 5.46. The molecule has 1 saturated heterocycles. The maximum atomic E-state index is 11.8. The van der Waals surface area contributed by atoms with Gasteiger partial charge >= 0.3 is 0 Å². The average Bonchev–Trinajstić information content (AvgIpc) is 2.90. The number of nitrogens with zero attached hydrogens (tertiary/aromatic N) is 1. The van der Waals surface area contributed by atoms with Crippen LogP contribution in [0.15, 0.2) is 22.5 Å². The van der Waals surface area contributed by atoms with Gasteiger partial charge in [-0.05, 0) is 30.7 Å². The van der Waals surface area contributed by atoms with Crippen LogP contribution in [0.5, 0.6) is 0 Å². The Labute approximate surface area is 147 Å². The number of guanidine groups is 1. The Balaban J connectivity index is 0.00000220. The molecule has 1 atom stereocenters. The third-order valence-corrected chi connectivity index (χ3v) is 6.63. The molecule has 0 radical (unpaired) electrons. The van der Waals surface area contributed by atoms with E-state index in [1.165, 1.54) is 4.88 Å². The van der Waals surface area contributed by atoms with Crippen molar-refractivity contribution in [3.63, 3.8) is 0 Å².